The molecule has 1 aromatic heterocycles. The third kappa shape index (κ3) is 1.55. The zero-order chi connectivity index (χ0) is 9.26. The minimum Gasteiger partial charge on any atom is -0.132 e. The van der Waals surface area contributed by atoms with E-state index in [0.29, 0.717) is 0 Å². The van der Waals surface area contributed by atoms with Gasteiger partial charge in [0.1, 0.15) is 0 Å². The smallest absolute Gasteiger partial charge is 0.00121 e. The molecule has 66 valence electrons. The van der Waals surface area contributed by atoms with E-state index in [-0.39, 0.29) is 0 Å². The Morgan fingerprint density at radius 3 is 2.92 bits per heavy atom. The monoisotopic (exact) mass is 188 g/mol. The number of rotatable bonds is 1. The summed E-state index contributed by atoms with van der Waals surface area (Å²) < 4.78 is 0. The Morgan fingerprint density at radius 1 is 1.31 bits per heavy atom. The lowest BCUT2D eigenvalue weighted by Crippen LogP contribution is -1.78. The van der Waals surface area contributed by atoms with Crippen LogP contribution in [0.25, 0.3) is 16.6 Å². The average Bonchev–Trinajstić information content (AvgIpc) is 2.52. The molecule has 0 amide bonds. The Labute approximate surface area is 80.4 Å². The largest absolute Gasteiger partial charge is 0.132 e. The molecule has 2 aromatic rings. The van der Waals surface area contributed by atoms with Crippen molar-refractivity contribution < 1.29 is 0 Å². The highest BCUT2D eigenvalue weighted by atomic mass is 31.0. The molecule has 13 heavy (non-hydrogen) atoms. The maximum absolute atomic E-state index is 2.31. The van der Waals surface area contributed by atoms with Crippen LogP contribution >= 0.6 is 8.19 Å². The van der Waals surface area contributed by atoms with Gasteiger partial charge in [0.15, 0.2) is 0 Å². The van der Waals surface area contributed by atoms with Gasteiger partial charge in [0, 0.05) is 0 Å². The van der Waals surface area contributed by atoms with E-state index < -0.39 is 0 Å². The van der Waals surface area contributed by atoms with Crippen LogP contribution in [-0.2, 0) is 0 Å². The Morgan fingerprint density at radius 2 is 2.15 bits per heavy atom. The van der Waals surface area contributed by atoms with E-state index >= 15 is 0 Å². The second-order valence-corrected chi connectivity index (χ2v) is 4.43. The fourth-order valence-corrected chi connectivity index (χ4v) is 2.59. The SMILES string of the molecule is C/C=C\c1cc2[pH]ccc2cc1C. The summed E-state index contributed by atoms with van der Waals surface area (Å²) in [6.45, 7) is 4.23. The van der Waals surface area contributed by atoms with Gasteiger partial charge in [0.05, 0.1) is 0 Å². The minimum absolute atomic E-state index is 0.862. The lowest BCUT2D eigenvalue weighted by molar-refractivity contribution is 1.48. The van der Waals surface area contributed by atoms with Gasteiger partial charge in [-0.2, -0.15) is 0 Å². The predicted molar refractivity (Wildman–Crippen MR) is 62.9 cm³/mol. The first-order chi connectivity index (χ1) is 6.31. The van der Waals surface area contributed by atoms with Crippen LogP contribution in [0.1, 0.15) is 18.1 Å². The highest BCUT2D eigenvalue weighted by Gasteiger charge is 1.98. The minimum atomic E-state index is 0.862. The summed E-state index contributed by atoms with van der Waals surface area (Å²) >= 11 is 0. The van der Waals surface area contributed by atoms with Crippen molar-refractivity contribution in [2.75, 3.05) is 0 Å². The summed E-state index contributed by atoms with van der Waals surface area (Å²) in [6, 6.07) is 6.81. The normalized spacial score (nSPS) is 12.2. The van der Waals surface area contributed by atoms with Crippen LogP contribution in [0, 0.1) is 6.92 Å². The van der Waals surface area contributed by atoms with Crippen LogP contribution in [0.3, 0.4) is 0 Å². The van der Waals surface area contributed by atoms with Crippen molar-refractivity contribution in [3.63, 3.8) is 0 Å². The molecule has 1 heteroatoms. The van der Waals surface area contributed by atoms with Gasteiger partial charge >= 0.3 is 0 Å². The fraction of sp³-hybridized carbons (Fsp3) is 0.167. The molecule has 0 saturated heterocycles. The number of hydrogen-bond donors (Lipinski definition) is 0. The quantitative estimate of drug-likeness (QED) is 0.628. The van der Waals surface area contributed by atoms with Gasteiger partial charge in [-0.25, -0.2) is 0 Å². The van der Waals surface area contributed by atoms with Gasteiger partial charge in [0.25, 0.3) is 0 Å². The van der Waals surface area contributed by atoms with Crippen molar-refractivity contribution in [1.82, 2.24) is 0 Å². The summed E-state index contributed by atoms with van der Waals surface area (Å²) in [5, 5.41) is 2.89. The fourth-order valence-electron chi connectivity index (χ4n) is 1.59. The maximum atomic E-state index is 2.31. The molecule has 0 aliphatic carbocycles. The molecule has 1 atom stereocenters. The van der Waals surface area contributed by atoms with Crippen LogP contribution in [0.15, 0.2) is 30.1 Å². The summed E-state index contributed by atoms with van der Waals surface area (Å²) in [6.07, 6.45) is 4.28. The first-order valence-corrected chi connectivity index (χ1v) is 5.59. The molecule has 0 bridgehead atoms. The topological polar surface area (TPSA) is 0 Å². The Balaban J connectivity index is 2.69. The Kier molecular flexibility index (Phi) is 2.24. The molecule has 0 aliphatic heterocycles. The molecule has 0 radical (unpaired) electrons. The molecule has 0 fully saturated rings. The van der Waals surface area contributed by atoms with E-state index in [1.165, 1.54) is 21.6 Å². The van der Waals surface area contributed by atoms with Crippen LogP contribution in [-0.4, -0.2) is 0 Å². The summed E-state index contributed by atoms with van der Waals surface area (Å²) in [5.41, 5.74) is 2.73. The van der Waals surface area contributed by atoms with Crippen molar-refractivity contribution in [1.29, 1.82) is 0 Å². The molecular weight excluding hydrogens is 175 g/mol. The number of benzene rings is 1. The zero-order valence-electron chi connectivity index (χ0n) is 7.96. The third-order valence-corrected chi connectivity index (χ3v) is 3.36. The zero-order valence-corrected chi connectivity index (χ0v) is 8.96. The Bertz CT molecular complexity index is 449. The summed E-state index contributed by atoms with van der Waals surface area (Å²) in [7, 11) is 0.862. The van der Waals surface area contributed by atoms with Gasteiger partial charge in [-0.05, 0) is 47.3 Å². The summed E-state index contributed by atoms with van der Waals surface area (Å²) in [5.74, 6) is 2.25. The van der Waals surface area contributed by atoms with Crippen molar-refractivity contribution >= 4 is 24.8 Å². The lowest BCUT2D eigenvalue weighted by atomic mass is 10.1. The molecule has 0 nitrogen and oxygen atoms in total. The van der Waals surface area contributed by atoms with Crippen molar-refractivity contribution in [2.24, 2.45) is 0 Å². The molecule has 0 spiro atoms. The molecule has 2 rings (SSSR count). The first-order valence-electron chi connectivity index (χ1n) is 4.51. The molecule has 1 unspecified atom stereocenters. The van der Waals surface area contributed by atoms with E-state index in [2.05, 4.69) is 50.0 Å². The van der Waals surface area contributed by atoms with E-state index in [1.807, 2.05) is 0 Å². The lowest BCUT2D eigenvalue weighted by Gasteiger charge is -2.00. The van der Waals surface area contributed by atoms with E-state index in [4.69, 9.17) is 0 Å². The van der Waals surface area contributed by atoms with E-state index in [1.54, 1.807) is 0 Å². The van der Waals surface area contributed by atoms with E-state index in [9.17, 15) is 0 Å². The van der Waals surface area contributed by atoms with Gasteiger partial charge < -0.3 is 0 Å². The second kappa shape index (κ2) is 3.40. The van der Waals surface area contributed by atoms with Crippen molar-refractivity contribution in [3.8, 4) is 0 Å². The van der Waals surface area contributed by atoms with E-state index in [0.717, 1.165) is 8.19 Å². The second-order valence-electron chi connectivity index (χ2n) is 3.27. The third-order valence-electron chi connectivity index (χ3n) is 2.29. The predicted octanol–water partition coefficient (Wildman–Crippen LogP) is 4.21. The molecule has 1 heterocycles. The highest BCUT2D eigenvalue weighted by molar-refractivity contribution is 7.36. The molecule has 0 N–H and O–H groups in total. The molecule has 0 aliphatic rings. The Hall–Kier alpha value is -1.00. The van der Waals surface area contributed by atoms with Crippen LogP contribution in [0.2, 0.25) is 0 Å². The average molecular weight is 188 g/mol. The van der Waals surface area contributed by atoms with Crippen LogP contribution < -0.4 is 0 Å². The van der Waals surface area contributed by atoms with Gasteiger partial charge in [-0.1, -0.05) is 24.3 Å². The van der Waals surface area contributed by atoms with Crippen molar-refractivity contribution in [2.45, 2.75) is 13.8 Å². The molecule has 1 aromatic carbocycles. The van der Waals surface area contributed by atoms with Gasteiger partial charge in [0.2, 0.25) is 0 Å². The molecular formula is C12H13P. The molecule has 0 saturated carbocycles. The number of hydrogen-bond acceptors (Lipinski definition) is 0. The van der Waals surface area contributed by atoms with Gasteiger partial charge in [-0.3, -0.25) is 0 Å². The summed E-state index contributed by atoms with van der Waals surface area (Å²) in [4.78, 5) is 0. The van der Waals surface area contributed by atoms with Crippen LogP contribution in [0.5, 0.6) is 0 Å². The number of allylic oxidation sites excluding steroid dienone is 1. The van der Waals surface area contributed by atoms with Crippen LogP contribution in [0.4, 0.5) is 0 Å². The highest BCUT2D eigenvalue weighted by Crippen LogP contribution is 2.28. The van der Waals surface area contributed by atoms with Gasteiger partial charge in [-0.15, -0.1) is 8.19 Å². The standard InChI is InChI=1S/C12H13P/c1-3-4-10-8-12-11(5-6-13-12)7-9(10)2/h3-8,13H,1-2H3/b4-3-. The van der Waals surface area contributed by atoms with Crippen molar-refractivity contribution in [3.05, 3.63) is 41.2 Å². The first kappa shape index (κ1) is 8.59. The number of fused-ring (bicyclic) bond motifs is 1. The maximum Gasteiger partial charge on any atom is -0.00121 e. The number of aryl methyl sites for hydroxylation is 1.